The van der Waals surface area contributed by atoms with Crippen LogP contribution in [-0.2, 0) is 4.74 Å². The van der Waals surface area contributed by atoms with Crippen LogP contribution in [0.4, 0.5) is 5.00 Å². The molecule has 2 aliphatic rings. The van der Waals surface area contributed by atoms with Crippen molar-refractivity contribution < 1.29 is 23.9 Å². The smallest absolute Gasteiger partial charge is 0.341 e. The molecule has 1 N–H and O–H groups in total. The summed E-state index contributed by atoms with van der Waals surface area (Å²) in [5.74, 6) is -1.39. The SMILES string of the molecule is CCOC(=O)c1c(C2CC2)csc1NC(=O)c1ccc2c(c1)C(=O)N(C)C2=O. The van der Waals surface area contributed by atoms with E-state index in [2.05, 4.69) is 5.32 Å². The van der Waals surface area contributed by atoms with E-state index in [1.807, 2.05) is 5.38 Å². The summed E-state index contributed by atoms with van der Waals surface area (Å²) in [4.78, 5) is 50.3. The number of benzene rings is 1. The number of fused-ring (bicyclic) bond motifs is 1. The van der Waals surface area contributed by atoms with E-state index in [0.717, 1.165) is 23.3 Å². The summed E-state index contributed by atoms with van der Waals surface area (Å²) in [5.41, 5.74) is 2.05. The topological polar surface area (TPSA) is 92.8 Å². The third kappa shape index (κ3) is 2.99. The van der Waals surface area contributed by atoms with Gasteiger partial charge in [-0.15, -0.1) is 11.3 Å². The van der Waals surface area contributed by atoms with Crippen molar-refractivity contribution in [3.05, 3.63) is 51.4 Å². The van der Waals surface area contributed by atoms with Gasteiger partial charge in [0.25, 0.3) is 17.7 Å². The largest absolute Gasteiger partial charge is 0.462 e. The van der Waals surface area contributed by atoms with Crippen LogP contribution < -0.4 is 5.32 Å². The van der Waals surface area contributed by atoms with Crippen LogP contribution in [0.5, 0.6) is 0 Å². The summed E-state index contributed by atoms with van der Waals surface area (Å²) in [6.07, 6.45) is 2.04. The van der Waals surface area contributed by atoms with Gasteiger partial charge in [-0.1, -0.05) is 0 Å². The predicted molar refractivity (Wildman–Crippen MR) is 103 cm³/mol. The summed E-state index contributed by atoms with van der Waals surface area (Å²) in [7, 11) is 1.40. The van der Waals surface area contributed by atoms with Crippen LogP contribution in [0.15, 0.2) is 23.6 Å². The maximum Gasteiger partial charge on any atom is 0.341 e. The van der Waals surface area contributed by atoms with Crippen LogP contribution in [0.1, 0.15) is 72.7 Å². The second-order valence-electron chi connectivity index (χ2n) is 6.77. The molecule has 0 bridgehead atoms. The van der Waals surface area contributed by atoms with Crippen molar-refractivity contribution in [2.24, 2.45) is 0 Å². The third-order valence-electron chi connectivity index (χ3n) is 4.90. The predicted octanol–water partition coefficient (Wildman–Crippen LogP) is 3.28. The van der Waals surface area contributed by atoms with Crippen LogP contribution in [-0.4, -0.2) is 42.2 Å². The van der Waals surface area contributed by atoms with Gasteiger partial charge in [0.15, 0.2) is 0 Å². The molecule has 1 aliphatic heterocycles. The zero-order chi connectivity index (χ0) is 20.0. The van der Waals surface area contributed by atoms with Gasteiger partial charge in [-0.3, -0.25) is 19.3 Å². The summed E-state index contributed by atoms with van der Waals surface area (Å²) in [5, 5.41) is 5.09. The van der Waals surface area contributed by atoms with Crippen molar-refractivity contribution in [1.29, 1.82) is 0 Å². The second kappa shape index (κ2) is 6.87. The minimum atomic E-state index is -0.452. The van der Waals surface area contributed by atoms with E-state index in [1.54, 1.807) is 6.92 Å². The van der Waals surface area contributed by atoms with Crippen molar-refractivity contribution in [3.63, 3.8) is 0 Å². The zero-order valence-electron chi connectivity index (χ0n) is 15.4. The van der Waals surface area contributed by atoms with Crippen molar-refractivity contribution in [2.45, 2.75) is 25.7 Å². The fourth-order valence-electron chi connectivity index (χ4n) is 3.25. The first-order valence-electron chi connectivity index (χ1n) is 8.98. The molecule has 1 saturated carbocycles. The van der Waals surface area contributed by atoms with Crippen molar-refractivity contribution in [1.82, 2.24) is 4.90 Å². The number of ether oxygens (including phenoxy) is 1. The maximum atomic E-state index is 12.7. The lowest BCUT2D eigenvalue weighted by atomic mass is 10.0. The highest BCUT2D eigenvalue weighted by molar-refractivity contribution is 7.15. The number of nitrogens with zero attached hydrogens (tertiary/aromatic N) is 1. The Labute approximate surface area is 165 Å². The van der Waals surface area contributed by atoms with Crippen LogP contribution in [0.2, 0.25) is 0 Å². The highest BCUT2D eigenvalue weighted by Gasteiger charge is 2.34. The molecular weight excluding hydrogens is 380 g/mol. The lowest BCUT2D eigenvalue weighted by molar-refractivity contribution is 0.0526. The number of amides is 3. The van der Waals surface area contributed by atoms with Gasteiger partial charge >= 0.3 is 5.97 Å². The van der Waals surface area contributed by atoms with Gasteiger partial charge in [-0.25, -0.2) is 4.79 Å². The molecule has 1 aliphatic carbocycles. The standard InChI is InChI=1S/C20H18N2O5S/c1-3-27-20(26)15-14(10-4-5-10)9-28-17(15)21-16(23)11-6-7-12-13(8-11)19(25)22(2)18(12)24/h6-10H,3-5H2,1-2H3,(H,21,23). The van der Waals surface area contributed by atoms with E-state index in [4.69, 9.17) is 4.74 Å². The maximum absolute atomic E-state index is 12.7. The fourth-order valence-corrected chi connectivity index (χ4v) is 4.28. The molecule has 3 amide bonds. The Kier molecular flexibility index (Phi) is 4.50. The Morgan fingerprint density at radius 2 is 1.93 bits per heavy atom. The summed E-state index contributed by atoms with van der Waals surface area (Å²) >= 11 is 1.29. The number of carbonyl (C=O) groups excluding carboxylic acids is 4. The molecule has 2 heterocycles. The number of thiophene rings is 1. The minimum Gasteiger partial charge on any atom is -0.462 e. The van der Waals surface area contributed by atoms with Gasteiger partial charge in [0.2, 0.25) is 0 Å². The molecule has 1 fully saturated rings. The molecule has 28 heavy (non-hydrogen) atoms. The Balaban J connectivity index is 1.62. The molecule has 8 heteroatoms. The third-order valence-corrected chi connectivity index (χ3v) is 5.81. The monoisotopic (exact) mass is 398 g/mol. The Bertz CT molecular complexity index is 1020. The van der Waals surface area contributed by atoms with Gasteiger partial charge in [-0.2, -0.15) is 0 Å². The summed E-state index contributed by atoms with van der Waals surface area (Å²) in [6.45, 7) is 1.99. The first kappa shape index (κ1) is 18.4. The van der Waals surface area contributed by atoms with Crippen LogP contribution >= 0.6 is 11.3 Å². The van der Waals surface area contributed by atoms with E-state index >= 15 is 0 Å². The van der Waals surface area contributed by atoms with Gasteiger partial charge in [0, 0.05) is 12.6 Å². The number of hydrogen-bond acceptors (Lipinski definition) is 6. The lowest BCUT2D eigenvalue weighted by Gasteiger charge is -2.09. The average Bonchev–Trinajstić information content (AvgIpc) is 3.41. The fraction of sp³-hybridized carbons (Fsp3) is 0.300. The lowest BCUT2D eigenvalue weighted by Crippen LogP contribution is -2.24. The molecule has 0 spiro atoms. The second-order valence-corrected chi connectivity index (χ2v) is 7.65. The van der Waals surface area contributed by atoms with E-state index < -0.39 is 17.8 Å². The highest BCUT2D eigenvalue weighted by Crippen LogP contribution is 2.46. The molecule has 0 saturated heterocycles. The van der Waals surface area contributed by atoms with E-state index in [0.29, 0.717) is 16.5 Å². The molecule has 0 atom stereocenters. The normalized spacial score (nSPS) is 15.6. The number of anilines is 1. The number of nitrogens with one attached hydrogen (secondary N) is 1. The van der Waals surface area contributed by atoms with Gasteiger partial charge in [0.1, 0.15) is 5.00 Å². The highest BCUT2D eigenvalue weighted by atomic mass is 32.1. The van der Waals surface area contributed by atoms with E-state index in [-0.39, 0.29) is 29.2 Å². The number of imide groups is 1. The Morgan fingerprint density at radius 3 is 2.61 bits per heavy atom. The van der Waals surface area contributed by atoms with Gasteiger partial charge < -0.3 is 10.1 Å². The van der Waals surface area contributed by atoms with Crippen molar-refractivity contribution >= 4 is 40.0 Å². The zero-order valence-corrected chi connectivity index (χ0v) is 16.2. The van der Waals surface area contributed by atoms with E-state index in [9.17, 15) is 19.2 Å². The molecule has 1 aromatic carbocycles. The number of hydrogen-bond donors (Lipinski definition) is 1. The minimum absolute atomic E-state index is 0.204. The summed E-state index contributed by atoms with van der Waals surface area (Å²) in [6, 6.07) is 4.39. The molecule has 144 valence electrons. The van der Waals surface area contributed by atoms with Crippen LogP contribution in [0, 0.1) is 0 Å². The first-order valence-corrected chi connectivity index (χ1v) is 9.86. The van der Waals surface area contributed by atoms with Gasteiger partial charge in [0.05, 0.1) is 23.3 Å². The molecule has 4 rings (SSSR count). The molecule has 1 aromatic heterocycles. The number of esters is 1. The van der Waals surface area contributed by atoms with Crippen LogP contribution in [0.3, 0.4) is 0 Å². The number of carbonyl (C=O) groups is 4. The Hall–Kier alpha value is -3.00. The Morgan fingerprint density at radius 1 is 1.21 bits per heavy atom. The molecule has 7 nitrogen and oxygen atoms in total. The van der Waals surface area contributed by atoms with Crippen molar-refractivity contribution in [2.75, 3.05) is 19.0 Å². The van der Waals surface area contributed by atoms with Crippen molar-refractivity contribution in [3.8, 4) is 0 Å². The molecular formula is C20H18N2O5S. The molecule has 2 aromatic rings. The quantitative estimate of drug-likeness (QED) is 0.616. The van der Waals surface area contributed by atoms with Crippen LogP contribution in [0.25, 0.3) is 0 Å². The average molecular weight is 398 g/mol. The van der Waals surface area contributed by atoms with E-state index in [1.165, 1.54) is 36.6 Å². The van der Waals surface area contributed by atoms with Gasteiger partial charge in [-0.05, 0) is 54.8 Å². The first-order chi connectivity index (χ1) is 13.4. The molecule has 0 unspecified atom stereocenters. The summed E-state index contributed by atoms with van der Waals surface area (Å²) < 4.78 is 5.16. The molecule has 0 radical (unpaired) electrons. The number of rotatable bonds is 5.